The van der Waals surface area contributed by atoms with Crippen LogP contribution >= 0.6 is 0 Å². The molecule has 1 fully saturated rings. The highest BCUT2D eigenvalue weighted by molar-refractivity contribution is 5.36. The minimum atomic E-state index is -0.242. The van der Waals surface area contributed by atoms with Crippen LogP contribution in [0.2, 0.25) is 0 Å². The molecule has 0 aromatic carbocycles. The van der Waals surface area contributed by atoms with Crippen LogP contribution in [-0.4, -0.2) is 40.4 Å². The number of methoxy groups -OCH3 is 2. The third-order valence-electron chi connectivity index (χ3n) is 4.01. The van der Waals surface area contributed by atoms with Gasteiger partial charge in [0, 0.05) is 6.20 Å². The van der Waals surface area contributed by atoms with Gasteiger partial charge in [-0.05, 0) is 30.9 Å². The second kappa shape index (κ2) is 6.78. The molecule has 3 rings (SSSR count). The third-order valence-corrected chi connectivity index (χ3v) is 4.01. The summed E-state index contributed by atoms with van der Waals surface area (Å²) < 4.78 is 10.4. The van der Waals surface area contributed by atoms with E-state index in [1.807, 2.05) is 18.2 Å². The monoisotopic (exact) mass is 316 g/mol. The molecule has 1 saturated carbocycles. The lowest BCUT2D eigenvalue weighted by molar-refractivity contribution is 0.0333. The van der Waals surface area contributed by atoms with E-state index in [1.54, 1.807) is 26.5 Å². The lowest BCUT2D eigenvalue weighted by atomic mass is 9.76. The SMILES string of the molecule is COc1cc(OC)nc(N[C@H](c2ccccn2)C2CC(O)C2)n1. The van der Waals surface area contributed by atoms with Gasteiger partial charge in [0.2, 0.25) is 17.7 Å². The average Bonchev–Trinajstić information content (AvgIpc) is 2.57. The summed E-state index contributed by atoms with van der Waals surface area (Å²) in [6.07, 6.45) is 2.98. The number of aromatic nitrogens is 3. The summed E-state index contributed by atoms with van der Waals surface area (Å²) >= 11 is 0. The van der Waals surface area contributed by atoms with Crippen molar-refractivity contribution in [3.63, 3.8) is 0 Å². The molecule has 0 radical (unpaired) electrons. The zero-order chi connectivity index (χ0) is 16.2. The van der Waals surface area contributed by atoms with Gasteiger partial charge in [-0.25, -0.2) is 0 Å². The number of anilines is 1. The van der Waals surface area contributed by atoms with E-state index in [-0.39, 0.29) is 18.1 Å². The molecule has 2 aromatic heterocycles. The number of hydrogen-bond donors (Lipinski definition) is 2. The molecule has 0 unspecified atom stereocenters. The largest absolute Gasteiger partial charge is 0.481 e. The maximum absolute atomic E-state index is 9.63. The van der Waals surface area contributed by atoms with Crippen LogP contribution in [-0.2, 0) is 0 Å². The van der Waals surface area contributed by atoms with E-state index in [2.05, 4.69) is 20.3 Å². The molecule has 122 valence electrons. The van der Waals surface area contributed by atoms with Gasteiger partial charge < -0.3 is 19.9 Å². The first-order chi connectivity index (χ1) is 11.2. The van der Waals surface area contributed by atoms with E-state index in [0.29, 0.717) is 17.7 Å². The normalized spacial score (nSPS) is 21.2. The molecule has 2 heterocycles. The lowest BCUT2D eigenvalue weighted by Gasteiger charge is -2.37. The van der Waals surface area contributed by atoms with Gasteiger partial charge in [-0.3, -0.25) is 4.98 Å². The number of hydrogen-bond acceptors (Lipinski definition) is 7. The first kappa shape index (κ1) is 15.5. The number of rotatable bonds is 6. The van der Waals surface area contributed by atoms with Crippen molar-refractivity contribution < 1.29 is 14.6 Å². The fourth-order valence-corrected chi connectivity index (χ4v) is 2.71. The summed E-state index contributed by atoms with van der Waals surface area (Å²) in [5.74, 6) is 1.54. The van der Waals surface area contributed by atoms with Crippen LogP contribution in [0.3, 0.4) is 0 Å². The molecule has 0 amide bonds. The summed E-state index contributed by atoms with van der Waals surface area (Å²) in [6.45, 7) is 0. The first-order valence-electron chi connectivity index (χ1n) is 7.52. The van der Waals surface area contributed by atoms with Crippen molar-refractivity contribution in [2.45, 2.75) is 25.0 Å². The molecule has 1 aliphatic rings. The van der Waals surface area contributed by atoms with E-state index in [0.717, 1.165) is 18.5 Å². The van der Waals surface area contributed by atoms with E-state index in [1.165, 1.54) is 0 Å². The van der Waals surface area contributed by atoms with Gasteiger partial charge >= 0.3 is 0 Å². The number of aliphatic hydroxyl groups excluding tert-OH is 1. The number of nitrogens with one attached hydrogen (secondary N) is 1. The molecule has 2 N–H and O–H groups in total. The van der Waals surface area contributed by atoms with Crippen molar-refractivity contribution in [2.75, 3.05) is 19.5 Å². The number of aliphatic hydroxyl groups is 1. The van der Waals surface area contributed by atoms with E-state index in [9.17, 15) is 5.11 Å². The summed E-state index contributed by atoms with van der Waals surface area (Å²) in [4.78, 5) is 13.0. The van der Waals surface area contributed by atoms with E-state index in [4.69, 9.17) is 9.47 Å². The Kier molecular flexibility index (Phi) is 4.57. The smallest absolute Gasteiger partial charge is 0.229 e. The van der Waals surface area contributed by atoms with Crippen LogP contribution in [0.25, 0.3) is 0 Å². The quantitative estimate of drug-likeness (QED) is 0.840. The van der Waals surface area contributed by atoms with Crippen molar-refractivity contribution in [3.8, 4) is 11.8 Å². The van der Waals surface area contributed by atoms with Crippen molar-refractivity contribution in [1.29, 1.82) is 0 Å². The molecule has 0 spiro atoms. The summed E-state index contributed by atoms with van der Waals surface area (Å²) in [5, 5.41) is 12.9. The van der Waals surface area contributed by atoms with Crippen LogP contribution in [0.15, 0.2) is 30.5 Å². The Bertz CT molecular complexity index is 625. The fourth-order valence-electron chi connectivity index (χ4n) is 2.71. The lowest BCUT2D eigenvalue weighted by Crippen LogP contribution is -2.36. The Morgan fingerprint density at radius 1 is 1.17 bits per heavy atom. The topological polar surface area (TPSA) is 89.4 Å². The molecular formula is C16H20N4O3. The van der Waals surface area contributed by atoms with Gasteiger partial charge in [-0.2, -0.15) is 9.97 Å². The van der Waals surface area contributed by atoms with Gasteiger partial charge in [0.05, 0.1) is 38.1 Å². The summed E-state index contributed by atoms with van der Waals surface area (Å²) in [7, 11) is 3.09. The first-order valence-corrected chi connectivity index (χ1v) is 7.52. The highest BCUT2D eigenvalue weighted by Crippen LogP contribution is 2.39. The van der Waals surface area contributed by atoms with Crippen molar-refractivity contribution in [2.24, 2.45) is 5.92 Å². The summed E-state index contributed by atoms with van der Waals surface area (Å²) in [5.41, 5.74) is 0.898. The Balaban J connectivity index is 1.86. The Hall–Kier alpha value is -2.41. The molecule has 7 heteroatoms. The standard InChI is InChI=1S/C16H20N4O3/c1-22-13-9-14(23-2)19-16(18-13)20-15(10-7-11(21)8-10)12-5-3-4-6-17-12/h3-6,9-11,15,21H,7-8H2,1-2H3,(H,18,19,20)/t10?,11?,15-/m0/s1. The fraction of sp³-hybridized carbons (Fsp3) is 0.438. The molecule has 0 saturated heterocycles. The molecule has 23 heavy (non-hydrogen) atoms. The predicted octanol–water partition coefficient (Wildman–Crippen LogP) is 1.81. The highest BCUT2D eigenvalue weighted by atomic mass is 16.5. The van der Waals surface area contributed by atoms with Crippen LogP contribution in [0.5, 0.6) is 11.8 Å². The maximum Gasteiger partial charge on any atom is 0.229 e. The zero-order valence-electron chi connectivity index (χ0n) is 13.1. The molecule has 7 nitrogen and oxygen atoms in total. The molecule has 0 bridgehead atoms. The number of nitrogens with zero attached hydrogens (tertiary/aromatic N) is 3. The maximum atomic E-state index is 9.63. The van der Waals surface area contributed by atoms with Crippen LogP contribution in [0.1, 0.15) is 24.6 Å². The van der Waals surface area contributed by atoms with Gasteiger partial charge in [0.15, 0.2) is 0 Å². The Morgan fingerprint density at radius 2 is 1.87 bits per heavy atom. The molecule has 0 aliphatic heterocycles. The van der Waals surface area contributed by atoms with Crippen LogP contribution in [0.4, 0.5) is 5.95 Å². The molecule has 2 aromatic rings. The summed E-state index contributed by atoms with van der Waals surface area (Å²) in [6, 6.07) is 7.32. The van der Waals surface area contributed by atoms with Crippen molar-refractivity contribution in [1.82, 2.24) is 15.0 Å². The number of pyridine rings is 1. The molecular weight excluding hydrogens is 296 g/mol. The van der Waals surface area contributed by atoms with Gasteiger partial charge in [0.1, 0.15) is 0 Å². The predicted molar refractivity (Wildman–Crippen MR) is 84.5 cm³/mol. The van der Waals surface area contributed by atoms with Crippen LogP contribution in [0, 0.1) is 5.92 Å². The van der Waals surface area contributed by atoms with Crippen LogP contribution < -0.4 is 14.8 Å². The minimum absolute atomic E-state index is 0.0728. The number of ether oxygens (including phenoxy) is 2. The highest BCUT2D eigenvalue weighted by Gasteiger charge is 2.36. The average molecular weight is 316 g/mol. The third kappa shape index (κ3) is 3.50. The molecule has 1 atom stereocenters. The Labute approximate surface area is 134 Å². The van der Waals surface area contributed by atoms with Crippen molar-refractivity contribution in [3.05, 3.63) is 36.2 Å². The minimum Gasteiger partial charge on any atom is -0.481 e. The second-order valence-corrected chi connectivity index (χ2v) is 5.54. The van der Waals surface area contributed by atoms with E-state index >= 15 is 0 Å². The van der Waals surface area contributed by atoms with Gasteiger partial charge in [0.25, 0.3) is 0 Å². The second-order valence-electron chi connectivity index (χ2n) is 5.54. The zero-order valence-corrected chi connectivity index (χ0v) is 13.1. The molecule has 1 aliphatic carbocycles. The Morgan fingerprint density at radius 3 is 2.39 bits per heavy atom. The van der Waals surface area contributed by atoms with E-state index < -0.39 is 0 Å². The van der Waals surface area contributed by atoms with Gasteiger partial charge in [-0.1, -0.05) is 6.07 Å². The van der Waals surface area contributed by atoms with Crippen molar-refractivity contribution >= 4 is 5.95 Å². The van der Waals surface area contributed by atoms with Gasteiger partial charge in [-0.15, -0.1) is 0 Å².